The van der Waals surface area contributed by atoms with Gasteiger partial charge in [0.2, 0.25) is 0 Å². The van der Waals surface area contributed by atoms with E-state index in [9.17, 15) is 13.6 Å². The third kappa shape index (κ3) is 4.61. The number of hydrogen-bond acceptors (Lipinski definition) is 5. The van der Waals surface area contributed by atoms with Gasteiger partial charge >= 0.3 is 6.61 Å². The summed E-state index contributed by atoms with van der Waals surface area (Å²) in [5, 5.41) is 0.671. The summed E-state index contributed by atoms with van der Waals surface area (Å²) in [5.41, 5.74) is 5.53. The molecular formula is C12H10ClF2N3O2S. The fraction of sp³-hybridized carbons (Fsp3) is 0.167. The average molecular weight is 334 g/mol. The maximum Gasteiger partial charge on any atom is 0.387 e. The number of nitrogen functional groups attached to an aromatic ring is 1. The second-order valence-electron chi connectivity index (χ2n) is 3.89. The Hall–Kier alpha value is -1.80. The fourth-order valence-corrected chi connectivity index (χ4v) is 2.59. The van der Waals surface area contributed by atoms with Crippen molar-refractivity contribution in [2.45, 2.75) is 17.5 Å². The molecule has 0 aliphatic rings. The summed E-state index contributed by atoms with van der Waals surface area (Å²) in [4.78, 5) is 17.7. The first kappa shape index (κ1) is 15.6. The molecule has 0 saturated heterocycles. The highest BCUT2D eigenvalue weighted by Crippen LogP contribution is 2.29. The molecule has 21 heavy (non-hydrogen) atoms. The summed E-state index contributed by atoms with van der Waals surface area (Å²) in [6, 6.07) is 5.47. The molecule has 0 saturated carbocycles. The molecule has 0 spiro atoms. The largest absolute Gasteiger partial charge is 0.435 e. The van der Waals surface area contributed by atoms with Crippen molar-refractivity contribution in [2.75, 3.05) is 5.73 Å². The first-order valence-corrected chi connectivity index (χ1v) is 7.03. The van der Waals surface area contributed by atoms with E-state index in [1.165, 1.54) is 18.2 Å². The van der Waals surface area contributed by atoms with E-state index in [1.807, 2.05) is 0 Å². The minimum atomic E-state index is -2.93. The van der Waals surface area contributed by atoms with Gasteiger partial charge in [0.1, 0.15) is 11.6 Å². The molecule has 9 heteroatoms. The van der Waals surface area contributed by atoms with Crippen LogP contribution in [0.25, 0.3) is 0 Å². The Bertz CT molecular complexity index is 696. The van der Waals surface area contributed by atoms with Crippen LogP contribution in [0.2, 0.25) is 5.02 Å². The van der Waals surface area contributed by atoms with Crippen LogP contribution in [0.15, 0.2) is 34.2 Å². The van der Waals surface area contributed by atoms with Crippen molar-refractivity contribution in [1.82, 2.24) is 9.97 Å². The third-order valence-corrected chi connectivity index (χ3v) is 3.50. The summed E-state index contributed by atoms with van der Waals surface area (Å²) in [6.07, 6.45) is 0. The Morgan fingerprint density at radius 3 is 2.86 bits per heavy atom. The molecule has 0 fully saturated rings. The number of H-pyrrole nitrogens is 1. The minimum Gasteiger partial charge on any atom is -0.435 e. The van der Waals surface area contributed by atoms with Crippen LogP contribution in [0.4, 0.5) is 14.6 Å². The van der Waals surface area contributed by atoms with Crippen LogP contribution in [0.1, 0.15) is 5.56 Å². The number of ether oxygens (including phenoxy) is 1. The van der Waals surface area contributed by atoms with Crippen molar-refractivity contribution >= 4 is 29.2 Å². The second-order valence-corrected chi connectivity index (χ2v) is 5.30. The van der Waals surface area contributed by atoms with Crippen LogP contribution in [0.5, 0.6) is 5.75 Å². The minimum absolute atomic E-state index is 0.0214. The number of nitrogens with zero attached hydrogens (tertiary/aromatic N) is 1. The van der Waals surface area contributed by atoms with Gasteiger partial charge < -0.3 is 15.5 Å². The van der Waals surface area contributed by atoms with Gasteiger partial charge in [0.25, 0.3) is 5.56 Å². The lowest BCUT2D eigenvalue weighted by molar-refractivity contribution is -0.0503. The zero-order valence-electron chi connectivity index (χ0n) is 10.5. The maximum absolute atomic E-state index is 12.3. The lowest BCUT2D eigenvalue weighted by atomic mass is 10.2. The smallest absolute Gasteiger partial charge is 0.387 e. The molecule has 1 heterocycles. The van der Waals surface area contributed by atoms with E-state index in [-0.39, 0.29) is 28.0 Å². The summed E-state index contributed by atoms with van der Waals surface area (Å²) in [5.74, 6) is 0.333. The predicted octanol–water partition coefficient (Wildman–Crippen LogP) is 2.90. The maximum atomic E-state index is 12.3. The SMILES string of the molecule is Nc1cc(=O)[nH]c(SCc2cc(Cl)ccc2OC(F)F)n1. The number of benzene rings is 1. The highest BCUT2D eigenvalue weighted by atomic mass is 35.5. The van der Waals surface area contributed by atoms with Crippen LogP contribution < -0.4 is 16.0 Å². The Labute approximate surface area is 127 Å². The number of nitrogens with two attached hydrogens (primary N) is 1. The molecule has 2 rings (SSSR count). The first-order chi connectivity index (χ1) is 9.94. The average Bonchev–Trinajstić information content (AvgIpc) is 2.37. The second kappa shape index (κ2) is 6.77. The number of aromatic amines is 1. The van der Waals surface area contributed by atoms with Crippen LogP contribution in [-0.2, 0) is 5.75 Å². The van der Waals surface area contributed by atoms with Crippen LogP contribution in [0, 0.1) is 0 Å². The molecule has 1 aromatic heterocycles. The van der Waals surface area contributed by atoms with Gasteiger partial charge in [0.15, 0.2) is 5.16 Å². The first-order valence-electron chi connectivity index (χ1n) is 5.67. The molecule has 0 bridgehead atoms. The van der Waals surface area contributed by atoms with Gasteiger partial charge in [0.05, 0.1) is 0 Å². The van der Waals surface area contributed by atoms with E-state index < -0.39 is 6.61 Å². The number of thioether (sulfide) groups is 1. The molecule has 3 N–H and O–H groups in total. The lowest BCUT2D eigenvalue weighted by Gasteiger charge is -2.10. The van der Waals surface area contributed by atoms with Crippen molar-refractivity contribution in [3.63, 3.8) is 0 Å². The molecule has 0 aliphatic carbocycles. The quantitative estimate of drug-likeness (QED) is 0.649. The molecule has 1 aromatic carbocycles. The Balaban J connectivity index is 2.18. The zero-order chi connectivity index (χ0) is 15.4. The molecule has 112 valence electrons. The van der Waals surface area contributed by atoms with E-state index in [0.29, 0.717) is 10.6 Å². The molecule has 2 aromatic rings. The Kier molecular flexibility index (Phi) is 5.03. The fourth-order valence-electron chi connectivity index (χ4n) is 1.54. The molecule has 0 aliphatic heterocycles. The predicted molar refractivity (Wildman–Crippen MR) is 76.9 cm³/mol. The number of halogens is 3. The number of rotatable bonds is 5. The number of nitrogens with one attached hydrogen (secondary N) is 1. The van der Waals surface area contributed by atoms with Crippen molar-refractivity contribution < 1.29 is 13.5 Å². The standard InChI is InChI=1S/C12H10ClF2N3O2S/c13-7-1-2-8(20-11(14)15)6(3-7)5-21-12-17-9(16)4-10(19)18-12/h1-4,11H,5H2,(H3,16,17,18,19). The van der Waals surface area contributed by atoms with Gasteiger partial charge in [-0.1, -0.05) is 23.4 Å². The monoisotopic (exact) mass is 333 g/mol. The molecular weight excluding hydrogens is 324 g/mol. The van der Waals surface area contributed by atoms with Crippen molar-refractivity contribution in [3.05, 3.63) is 45.2 Å². The number of alkyl halides is 2. The summed E-state index contributed by atoms with van der Waals surface area (Å²) in [7, 11) is 0. The van der Waals surface area contributed by atoms with Gasteiger partial charge in [-0.25, -0.2) is 4.98 Å². The third-order valence-electron chi connectivity index (χ3n) is 2.34. The molecule has 0 unspecified atom stereocenters. The van der Waals surface area contributed by atoms with Crippen LogP contribution in [-0.4, -0.2) is 16.6 Å². The molecule has 0 radical (unpaired) electrons. The van der Waals surface area contributed by atoms with Gasteiger partial charge in [-0.15, -0.1) is 0 Å². The van der Waals surface area contributed by atoms with Gasteiger partial charge in [0, 0.05) is 22.4 Å². The summed E-state index contributed by atoms with van der Waals surface area (Å²) < 4.78 is 29.1. The number of anilines is 1. The molecule has 0 atom stereocenters. The Morgan fingerprint density at radius 1 is 1.43 bits per heavy atom. The van der Waals surface area contributed by atoms with Gasteiger partial charge in [-0.2, -0.15) is 8.78 Å². The number of aromatic nitrogens is 2. The van der Waals surface area contributed by atoms with Crippen LogP contribution in [0.3, 0.4) is 0 Å². The van der Waals surface area contributed by atoms with E-state index in [0.717, 1.165) is 17.8 Å². The summed E-state index contributed by atoms with van der Waals surface area (Å²) in [6.45, 7) is -2.93. The van der Waals surface area contributed by atoms with Crippen molar-refractivity contribution in [2.24, 2.45) is 0 Å². The van der Waals surface area contributed by atoms with Crippen molar-refractivity contribution in [1.29, 1.82) is 0 Å². The number of hydrogen-bond donors (Lipinski definition) is 2. The molecule has 0 amide bonds. The van der Waals surface area contributed by atoms with E-state index in [2.05, 4.69) is 14.7 Å². The zero-order valence-corrected chi connectivity index (χ0v) is 12.0. The van der Waals surface area contributed by atoms with E-state index in [1.54, 1.807) is 0 Å². The van der Waals surface area contributed by atoms with Crippen LogP contribution >= 0.6 is 23.4 Å². The van der Waals surface area contributed by atoms with E-state index in [4.69, 9.17) is 17.3 Å². The van der Waals surface area contributed by atoms with E-state index >= 15 is 0 Å². The summed E-state index contributed by atoms with van der Waals surface area (Å²) >= 11 is 6.96. The van der Waals surface area contributed by atoms with Crippen molar-refractivity contribution in [3.8, 4) is 5.75 Å². The Morgan fingerprint density at radius 2 is 2.19 bits per heavy atom. The van der Waals surface area contributed by atoms with Gasteiger partial charge in [-0.3, -0.25) is 4.79 Å². The van der Waals surface area contributed by atoms with Gasteiger partial charge in [-0.05, 0) is 18.2 Å². The normalized spacial score (nSPS) is 10.9. The highest BCUT2D eigenvalue weighted by molar-refractivity contribution is 7.98. The topological polar surface area (TPSA) is 81.0 Å². The lowest BCUT2D eigenvalue weighted by Crippen LogP contribution is -2.09. The molecule has 5 nitrogen and oxygen atoms in total. The highest BCUT2D eigenvalue weighted by Gasteiger charge is 2.11.